The first kappa shape index (κ1) is 31.6. The summed E-state index contributed by atoms with van der Waals surface area (Å²) in [6, 6.07) is 11.6. The van der Waals surface area contributed by atoms with E-state index in [1.807, 2.05) is 36.1 Å². The van der Waals surface area contributed by atoms with Gasteiger partial charge in [-0.05, 0) is 79.8 Å². The SMILES string of the molecule is C#CCC1C2C(=O)N[C@H]([C@H](O)CNC3(c4cccc(C#C)c4)CC3)Cc3cc(F)cc(c3)OCCCCN(CCC)C(=O)C12. The van der Waals surface area contributed by atoms with Gasteiger partial charge in [0.05, 0.1) is 30.6 Å². The lowest BCUT2D eigenvalue weighted by Crippen LogP contribution is -2.51. The number of terminal acetylenes is 2. The van der Waals surface area contributed by atoms with E-state index in [9.17, 15) is 19.1 Å². The van der Waals surface area contributed by atoms with Crippen LogP contribution in [0.25, 0.3) is 0 Å². The molecule has 2 aromatic carbocycles. The highest BCUT2D eigenvalue weighted by Gasteiger charge is 2.59. The molecule has 8 heteroatoms. The summed E-state index contributed by atoms with van der Waals surface area (Å²) in [7, 11) is 0. The van der Waals surface area contributed by atoms with Gasteiger partial charge in [-0.25, -0.2) is 4.39 Å². The van der Waals surface area contributed by atoms with Gasteiger partial charge >= 0.3 is 0 Å². The van der Waals surface area contributed by atoms with Crippen LogP contribution in [0.2, 0.25) is 0 Å². The maximum atomic E-state index is 14.7. The van der Waals surface area contributed by atoms with Crippen molar-refractivity contribution >= 4 is 11.8 Å². The minimum Gasteiger partial charge on any atom is -0.493 e. The molecule has 44 heavy (non-hydrogen) atoms. The van der Waals surface area contributed by atoms with Crippen LogP contribution in [-0.4, -0.2) is 60.2 Å². The maximum absolute atomic E-state index is 14.7. The number of fused-ring (bicyclic) bond motifs is 3. The maximum Gasteiger partial charge on any atom is 0.226 e. The summed E-state index contributed by atoms with van der Waals surface area (Å²) in [5.41, 5.74) is 2.14. The van der Waals surface area contributed by atoms with Crippen molar-refractivity contribution in [1.82, 2.24) is 15.5 Å². The fourth-order valence-corrected chi connectivity index (χ4v) is 6.55. The second kappa shape index (κ2) is 13.8. The highest BCUT2D eigenvalue weighted by atomic mass is 19.1. The van der Waals surface area contributed by atoms with Crippen molar-refractivity contribution in [2.45, 2.75) is 69.6 Å². The molecule has 0 radical (unpaired) electrons. The average molecular weight is 600 g/mol. The Bertz CT molecular complexity index is 1440. The molecule has 2 aromatic rings. The summed E-state index contributed by atoms with van der Waals surface area (Å²) in [5.74, 6) is 3.60. The molecule has 3 unspecified atom stereocenters. The van der Waals surface area contributed by atoms with Crippen LogP contribution < -0.4 is 15.4 Å². The molecule has 3 N–H and O–H groups in total. The number of carbonyl (C=O) groups excluding carboxylic acids is 2. The zero-order chi connectivity index (χ0) is 31.3. The van der Waals surface area contributed by atoms with E-state index >= 15 is 0 Å². The number of aliphatic hydroxyl groups excluding tert-OH is 1. The third-order valence-electron chi connectivity index (χ3n) is 9.17. The second-order valence-corrected chi connectivity index (χ2v) is 12.4. The molecule has 1 aliphatic heterocycles. The predicted octanol–water partition coefficient (Wildman–Crippen LogP) is 3.77. The summed E-state index contributed by atoms with van der Waals surface area (Å²) in [6.07, 6.45) is 14.7. The number of ether oxygens (including phenoxy) is 1. The van der Waals surface area contributed by atoms with Crippen LogP contribution in [0.15, 0.2) is 42.5 Å². The van der Waals surface area contributed by atoms with Crippen molar-refractivity contribution in [1.29, 1.82) is 0 Å². The van der Waals surface area contributed by atoms with Gasteiger partial charge in [-0.1, -0.05) is 25.0 Å². The third kappa shape index (κ3) is 7.26. The Labute approximate surface area is 259 Å². The van der Waals surface area contributed by atoms with Gasteiger partial charge in [0.1, 0.15) is 11.6 Å². The van der Waals surface area contributed by atoms with E-state index in [0.29, 0.717) is 43.9 Å². The number of aliphatic hydroxyl groups is 1. The number of benzene rings is 2. The minimum absolute atomic E-state index is 0.0452. The van der Waals surface area contributed by atoms with E-state index in [1.165, 1.54) is 12.1 Å². The van der Waals surface area contributed by atoms with Crippen LogP contribution in [0.3, 0.4) is 0 Å². The van der Waals surface area contributed by atoms with Crippen LogP contribution in [0, 0.1) is 48.3 Å². The largest absolute Gasteiger partial charge is 0.493 e. The van der Waals surface area contributed by atoms with Crippen molar-refractivity contribution in [2.24, 2.45) is 17.8 Å². The van der Waals surface area contributed by atoms with Crippen LogP contribution in [0.1, 0.15) is 62.1 Å². The number of hydrogen-bond acceptors (Lipinski definition) is 5. The molecule has 2 fully saturated rings. The van der Waals surface area contributed by atoms with Gasteiger partial charge < -0.3 is 25.4 Å². The topological polar surface area (TPSA) is 90.9 Å². The lowest BCUT2D eigenvalue weighted by molar-refractivity contribution is -0.135. The summed E-state index contributed by atoms with van der Waals surface area (Å²) in [5, 5.41) is 18.0. The van der Waals surface area contributed by atoms with Crippen LogP contribution >= 0.6 is 0 Å². The van der Waals surface area contributed by atoms with Gasteiger partial charge in [0.25, 0.3) is 0 Å². The second-order valence-electron chi connectivity index (χ2n) is 12.4. The molecule has 2 saturated carbocycles. The Kier molecular flexibility index (Phi) is 9.93. The van der Waals surface area contributed by atoms with Gasteiger partial charge in [-0.3, -0.25) is 9.59 Å². The molecule has 2 amide bonds. The van der Waals surface area contributed by atoms with Gasteiger partial charge in [-0.15, -0.1) is 18.8 Å². The number of halogens is 1. The Morgan fingerprint density at radius 3 is 2.73 bits per heavy atom. The molecular formula is C36H42FN3O4. The molecule has 3 aliphatic rings. The molecule has 7 nitrogen and oxygen atoms in total. The lowest BCUT2D eigenvalue weighted by atomic mass is 9.98. The van der Waals surface area contributed by atoms with Gasteiger partial charge in [0.2, 0.25) is 11.8 Å². The van der Waals surface area contributed by atoms with Crippen molar-refractivity contribution in [3.05, 3.63) is 65.0 Å². The fraction of sp³-hybridized carbons (Fsp3) is 0.500. The zero-order valence-electron chi connectivity index (χ0n) is 25.4. The highest BCUT2D eigenvalue weighted by molar-refractivity contribution is 5.93. The molecule has 5 rings (SSSR count). The first-order valence-electron chi connectivity index (χ1n) is 15.7. The lowest BCUT2D eigenvalue weighted by Gasteiger charge is -2.28. The molecule has 232 valence electrons. The van der Waals surface area contributed by atoms with Crippen LogP contribution in [0.4, 0.5) is 4.39 Å². The predicted molar refractivity (Wildman–Crippen MR) is 167 cm³/mol. The summed E-state index contributed by atoms with van der Waals surface area (Å²) in [4.78, 5) is 29.2. The standard InChI is InChI=1S/C36H42FN3O4/c1-4-10-29-32-33(29)35(43)40(15-5-2)16-7-8-17-44-28-20-25(19-27(37)22-28)21-30(39-34(32)42)31(41)23-38-36(13-14-36)26-12-9-11-24(6-3)18-26/h1,3,9,11-12,18-20,22,29-33,38,41H,5,7-8,10,13-17,21,23H2,2H3,(H,39,42)/t29?,30-,31+,32?,33?/m0/s1. The Morgan fingerprint density at radius 2 is 2.00 bits per heavy atom. The molecule has 0 saturated heterocycles. The molecule has 2 bridgehead atoms. The van der Waals surface area contributed by atoms with Gasteiger partial charge in [0, 0.05) is 43.2 Å². The van der Waals surface area contributed by atoms with E-state index in [-0.39, 0.29) is 36.2 Å². The molecule has 2 aliphatic carbocycles. The smallest absolute Gasteiger partial charge is 0.226 e. The van der Waals surface area contributed by atoms with Crippen molar-refractivity contribution < 1.29 is 23.8 Å². The first-order valence-corrected chi connectivity index (χ1v) is 15.7. The van der Waals surface area contributed by atoms with E-state index in [1.54, 1.807) is 6.07 Å². The number of hydrogen-bond donors (Lipinski definition) is 3. The number of amides is 2. The van der Waals surface area contributed by atoms with Crippen LogP contribution in [-0.2, 0) is 21.5 Å². The third-order valence-corrected chi connectivity index (χ3v) is 9.17. The monoisotopic (exact) mass is 599 g/mol. The van der Waals surface area contributed by atoms with Crippen molar-refractivity contribution in [3.8, 4) is 30.4 Å². The Hall–Kier alpha value is -3.85. The first-order chi connectivity index (χ1) is 21.3. The summed E-state index contributed by atoms with van der Waals surface area (Å²) >= 11 is 0. The molecular weight excluding hydrogens is 557 g/mol. The fourth-order valence-electron chi connectivity index (χ4n) is 6.55. The van der Waals surface area contributed by atoms with Gasteiger partial charge in [0.15, 0.2) is 0 Å². The van der Waals surface area contributed by atoms with E-state index in [2.05, 4.69) is 22.5 Å². The average Bonchev–Trinajstić information content (AvgIpc) is 3.94. The number of nitrogens with one attached hydrogen (secondary N) is 2. The van der Waals surface area contributed by atoms with Crippen LogP contribution in [0.5, 0.6) is 5.75 Å². The number of nitrogens with zero attached hydrogens (tertiary/aromatic N) is 1. The zero-order valence-corrected chi connectivity index (χ0v) is 25.4. The number of carbonyl (C=O) groups is 2. The van der Waals surface area contributed by atoms with E-state index in [0.717, 1.165) is 36.8 Å². The summed E-state index contributed by atoms with van der Waals surface area (Å²) in [6.45, 7) is 3.74. The minimum atomic E-state index is -1.01. The molecule has 0 spiro atoms. The summed E-state index contributed by atoms with van der Waals surface area (Å²) < 4.78 is 20.5. The Morgan fingerprint density at radius 1 is 1.18 bits per heavy atom. The molecule has 1 heterocycles. The van der Waals surface area contributed by atoms with Gasteiger partial charge in [-0.2, -0.15) is 0 Å². The van der Waals surface area contributed by atoms with E-state index in [4.69, 9.17) is 17.6 Å². The molecule has 5 atom stereocenters. The number of rotatable bonds is 8. The quantitative estimate of drug-likeness (QED) is 0.402. The Balaban J connectivity index is 1.39. The van der Waals surface area contributed by atoms with E-state index < -0.39 is 29.8 Å². The highest BCUT2D eigenvalue weighted by Crippen LogP contribution is 2.50. The molecule has 0 aromatic heterocycles. The normalized spacial score (nSPS) is 25.4. The van der Waals surface area contributed by atoms with Crippen molar-refractivity contribution in [2.75, 3.05) is 26.2 Å². The van der Waals surface area contributed by atoms with Crippen molar-refractivity contribution in [3.63, 3.8) is 0 Å².